The highest BCUT2D eigenvalue weighted by Gasteiger charge is 2.40. The average Bonchev–Trinajstić information content (AvgIpc) is 2.28. The number of halogens is 4. The van der Waals surface area contributed by atoms with Crippen molar-refractivity contribution in [1.29, 1.82) is 0 Å². The van der Waals surface area contributed by atoms with Gasteiger partial charge < -0.3 is 9.53 Å². The van der Waals surface area contributed by atoms with Crippen LogP contribution in [0.4, 0.5) is 0 Å². The van der Waals surface area contributed by atoms with Gasteiger partial charge in [0, 0.05) is 0 Å². The molecule has 0 spiro atoms. The second kappa shape index (κ2) is 5.99. The summed E-state index contributed by atoms with van der Waals surface area (Å²) >= 11 is 13.7. The van der Waals surface area contributed by atoms with E-state index in [1.165, 1.54) is 0 Å². The summed E-state index contributed by atoms with van der Waals surface area (Å²) in [6.45, 7) is 10.9. The maximum Gasteiger partial charge on any atom is 0.250 e. The number of phenolic OH excluding ortho intramolecular Hbond substituents is 1. The van der Waals surface area contributed by atoms with Crippen LogP contribution in [0.5, 0.6) is 11.5 Å². The lowest BCUT2D eigenvalue weighted by molar-refractivity contribution is 0.458. The van der Waals surface area contributed by atoms with Gasteiger partial charge in [-0.25, -0.2) is 0 Å². The zero-order valence-corrected chi connectivity index (χ0v) is 18.7. The SMILES string of the molecule is CC(C)(C)[Si](C)(C)Oc1c(Br)c(Br)c(O)c(Br)c1Br. The van der Waals surface area contributed by atoms with Gasteiger partial charge in [-0.3, -0.25) is 0 Å². The minimum atomic E-state index is -1.96. The maximum absolute atomic E-state index is 9.95. The molecule has 0 heterocycles. The van der Waals surface area contributed by atoms with E-state index in [9.17, 15) is 5.11 Å². The monoisotopic (exact) mass is 536 g/mol. The quantitative estimate of drug-likeness (QED) is 0.330. The van der Waals surface area contributed by atoms with Gasteiger partial charge in [-0.1, -0.05) is 20.8 Å². The Kier molecular flexibility index (Phi) is 5.67. The van der Waals surface area contributed by atoms with Gasteiger partial charge >= 0.3 is 0 Å². The van der Waals surface area contributed by atoms with Crippen LogP contribution < -0.4 is 4.43 Å². The second-order valence-corrected chi connectivity index (χ2v) is 13.7. The summed E-state index contributed by atoms with van der Waals surface area (Å²) in [5.74, 6) is 0.851. The van der Waals surface area contributed by atoms with Gasteiger partial charge in [0.05, 0.1) is 17.9 Å². The zero-order chi connectivity index (χ0) is 15.2. The van der Waals surface area contributed by atoms with Crippen molar-refractivity contribution in [3.8, 4) is 11.5 Å². The van der Waals surface area contributed by atoms with Gasteiger partial charge in [0.2, 0.25) is 0 Å². The fourth-order valence-corrected chi connectivity index (χ4v) is 4.64. The van der Waals surface area contributed by atoms with Crippen LogP contribution in [0.25, 0.3) is 0 Å². The molecule has 0 atom stereocenters. The Hall–Kier alpha value is 0.957. The van der Waals surface area contributed by atoms with Crippen molar-refractivity contribution in [3.63, 3.8) is 0 Å². The first kappa shape index (κ1) is 18.0. The molecule has 0 amide bonds. The van der Waals surface area contributed by atoms with Crippen LogP contribution in [-0.4, -0.2) is 13.4 Å². The number of hydrogen-bond donors (Lipinski definition) is 1. The summed E-state index contributed by atoms with van der Waals surface area (Å²) in [6.07, 6.45) is 0. The van der Waals surface area contributed by atoms with Gasteiger partial charge in [-0.15, -0.1) is 0 Å². The van der Waals surface area contributed by atoms with E-state index < -0.39 is 8.32 Å². The molecule has 2 nitrogen and oxygen atoms in total. The van der Waals surface area contributed by atoms with E-state index in [-0.39, 0.29) is 10.8 Å². The smallest absolute Gasteiger partial charge is 0.250 e. The van der Waals surface area contributed by atoms with Crippen LogP contribution in [0.15, 0.2) is 17.9 Å². The van der Waals surface area contributed by atoms with Crippen molar-refractivity contribution < 1.29 is 9.53 Å². The van der Waals surface area contributed by atoms with Crippen LogP contribution in [0.1, 0.15) is 20.8 Å². The lowest BCUT2D eigenvalue weighted by atomic mass is 10.2. The Balaban J connectivity index is 3.39. The molecule has 1 N–H and O–H groups in total. The fourth-order valence-electron chi connectivity index (χ4n) is 1.10. The van der Waals surface area contributed by atoms with E-state index in [0.717, 1.165) is 0 Å². The average molecular weight is 540 g/mol. The predicted octanol–water partition coefficient (Wildman–Crippen LogP) is 6.83. The third-order valence-corrected chi connectivity index (χ3v) is 11.8. The zero-order valence-electron chi connectivity index (χ0n) is 11.4. The summed E-state index contributed by atoms with van der Waals surface area (Å²) in [6, 6.07) is 0. The van der Waals surface area contributed by atoms with Gasteiger partial charge in [0.25, 0.3) is 8.32 Å². The highest BCUT2D eigenvalue weighted by molar-refractivity contribution is 9.14. The van der Waals surface area contributed by atoms with E-state index >= 15 is 0 Å². The Morgan fingerprint density at radius 3 is 1.58 bits per heavy atom. The molecular formula is C12H16Br4O2Si. The largest absolute Gasteiger partial charge is 0.542 e. The molecular weight excluding hydrogens is 524 g/mol. The third-order valence-electron chi connectivity index (χ3n) is 3.36. The van der Waals surface area contributed by atoms with Gasteiger partial charge in [-0.05, 0) is 81.9 Å². The molecule has 0 aromatic heterocycles. The van der Waals surface area contributed by atoms with E-state index in [1.807, 2.05) is 0 Å². The molecule has 0 unspecified atom stereocenters. The molecule has 7 heteroatoms. The number of phenols is 1. The molecule has 0 saturated carbocycles. The van der Waals surface area contributed by atoms with Crippen molar-refractivity contribution in [2.24, 2.45) is 0 Å². The summed E-state index contributed by atoms with van der Waals surface area (Å²) in [4.78, 5) is 0. The van der Waals surface area contributed by atoms with Gasteiger partial charge in [0.1, 0.15) is 11.5 Å². The van der Waals surface area contributed by atoms with E-state index in [4.69, 9.17) is 4.43 Å². The molecule has 1 aromatic rings. The molecule has 0 aliphatic heterocycles. The highest BCUT2D eigenvalue weighted by Crippen LogP contribution is 2.51. The van der Waals surface area contributed by atoms with Crippen molar-refractivity contribution in [1.82, 2.24) is 0 Å². The van der Waals surface area contributed by atoms with E-state index in [1.54, 1.807) is 0 Å². The van der Waals surface area contributed by atoms with Crippen LogP contribution in [0.2, 0.25) is 18.1 Å². The summed E-state index contributed by atoms with van der Waals surface area (Å²) < 4.78 is 8.90. The fraction of sp³-hybridized carbons (Fsp3) is 0.500. The van der Waals surface area contributed by atoms with E-state index in [2.05, 4.69) is 97.6 Å². The maximum atomic E-state index is 9.95. The lowest BCUT2D eigenvalue weighted by Crippen LogP contribution is -2.44. The third kappa shape index (κ3) is 3.59. The molecule has 1 aromatic carbocycles. The normalized spacial score (nSPS) is 12.7. The van der Waals surface area contributed by atoms with Crippen molar-refractivity contribution >= 4 is 72.0 Å². The van der Waals surface area contributed by atoms with Gasteiger partial charge in [0.15, 0.2) is 0 Å². The van der Waals surface area contributed by atoms with Crippen LogP contribution in [0.3, 0.4) is 0 Å². The molecule has 0 fully saturated rings. The molecule has 0 aliphatic rings. The molecule has 19 heavy (non-hydrogen) atoms. The standard InChI is InChI=1S/C12H16Br4O2Si/c1-12(2,3)19(4,5)18-11-8(15)6(13)10(17)7(14)9(11)16/h17H,1-5H3. The first-order valence-electron chi connectivity index (χ1n) is 5.64. The second-order valence-electron chi connectivity index (χ2n) is 5.80. The van der Waals surface area contributed by atoms with Crippen LogP contribution in [-0.2, 0) is 0 Å². The predicted molar refractivity (Wildman–Crippen MR) is 96.7 cm³/mol. The molecule has 0 radical (unpaired) electrons. The molecule has 1 rings (SSSR count). The number of hydrogen-bond acceptors (Lipinski definition) is 2. The van der Waals surface area contributed by atoms with Crippen LogP contribution >= 0.6 is 63.7 Å². The summed E-state index contributed by atoms with van der Waals surface area (Å²) in [5.41, 5.74) is 0. The highest BCUT2D eigenvalue weighted by atomic mass is 79.9. The van der Waals surface area contributed by atoms with E-state index in [0.29, 0.717) is 23.6 Å². The Morgan fingerprint density at radius 2 is 1.26 bits per heavy atom. The Labute approximate surface area is 149 Å². The van der Waals surface area contributed by atoms with Crippen molar-refractivity contribution in [2.45, 2.75) is 38.9 Å². The Morgan fingerprint density at radius 1 is 0.895 bits per heavy atom. The molecule has 0 saturated heterocycles. The first-order valence-corrected chi connectivity index (χ1v) is 11.7. The minimum Gasteiger partial charge on any atom is -0.542 e. The number of aromatic hydroxyl groups is 1. The molecule has 0 bridgehead atoms. The minimum absolute atomic E-state index is 0.0999. The molecule has 108 valence electrons. The van der Waals surface area contributed by atoms with Crippen LogP contribution in [0, 0.1) is 0 Å². The van der Waals surface area contributed by atoms with Crippen molar-refractivity contribution in [2.75, 3.05) is 0 Å². The number of rotatable bonds is 2. The molecule has 0 aliphatic carbocycles. The summed E-state index contributed by atoms with van der Waals surface area (Å²) in [7, 11) is -1.96. The summed E-state index contributed by atoms with van der Waals surface area (Å²) in [5, 5.41) is 10.1. The van der Waals surface area contributed by atoms with Gasteiger partial charge in [-0.2, -0.15) is 0 Å². The topological polar surface area (TPSA) is 29.5 Å². The first-order chi connectivity index (χ1) is 8.40. The Bertz CT molecular complexity index is 480. The van der Waals surface area contributed by atoms with Crippen molar-refractivity contribution in [3.05, 3.63) is 17.9 Å². The number of benzene rings is 1. The lowest BCUT2D eigenvalue weighted by Gasteiger charge is -2.37.